The number of benzene rings is 1. The summed E-state index contributed by atoms with van der Waals surface area (Å²) in [7, 11) is 1.88. The number of fused-ring (bicyclic) bond motifs is 1. The fourth-order valence-electron chi connectivity index (χ4n) is 2.37. The standard InChI is InChI=1S/C14H17N3O/c1-17(14(18)10-6-15-7-10)9-11-8-16-13-5-3-2-4-12(11)13/h2-5,8,10,15-16H,6-7,9H2,1H3. The van der Waals surface area contributed by atoms with Crippen LogP contribution in [0.4, 0.5) is 0 Å². The Morgan fingerprint density at radius 3 is 2.89 bits per heavy atom. The average molecular weight is 243 g/mol. The number of nitrogens with zero attached hydrogens (tertiary/aromatic N) is 1. The van der Waals surface area contributed by atoms with E-state index in [0.29, 0.717) is 6.54 Å². The number of carbonyl (C=O) groups excluding carboxylic acids is 1. The average Bonchev–Trinajstić information content (AvgIpc) is 2.70. The zero-order valence-corrected chi connectivity index (χ0v) is 10.4. The van der Waals surface area contributed by atoms with Crippen molar-refractivity contribution in [1.29, 1.82) is 0 Å². The number of amides is 1. The SMILES string of the molecule is CN(Cc1c[nH]c2ccccc12)C(=O)C1CNC1. The van der Waals surface area contributed by atoms with Crippen molar-refractivity contribution in [3.8, 4) is 0 Å². The van der Waals surface area contributed by atoms with Crippen LogP contribution in [-0.4, -0.2) is 35.9 Å². The maximum absolute atomic E-state index is 12.1. The van der Waals surface area contributed by atoms with Crippen LogP contribution in [0.2, 0.25) is 0 Å². The van der Waals surface area contributed by atoms with Crippen molar-refractivity contribution in [2.45, 2.75) is 6.54 Å². The number of H-pyrrole nitrogens is 1. The van der Waals surface area contributed by atoms with E-state index in [4.69, 9.17) is 0 Å². The maximum Gasteiger partial charge on any atom is 0.228 e. The van der Waals surface area contributed by atoms with Gasteiger partial charge in [-0.3, -0.25) is 4.79 Å². The molecule has 1 aromatic heterocycles. The lowest BCUT2D eigenvalue weighted by Gasteiger charge is -2.30. The van der Waals surface area contributed by atoms with Crippen LogP contribution in [0.25, 0.3) is 10.9 Å². The Labute approximate surface area is 106 Å². The number of para-hydroxylation sites is 1. The van der Waals surface area contributed by atoms with Crippen LogP contribution in [0, 0.1) is 5.92 Å². The van der Waals surface area contributed by atoms with E-state index < -0.39 is 0 Å². The second-order valence-corrected chi connectivity index (χ2v) is 4.91. The molecule has 1 saturated heterocycles. The summed E-state index contributed by atoms with van der Waals surface area (Å²) in [6.45, 7) is 2.30. The van der Waals surface area contributed by atoms with Crippen LogP contribution >= 0.6 is 0 Å². The van der Waals surface area contributed by atoms with Crippen LogP contribution in [0.15, 0.2) is 30.5 Å². The van der Waals surface area contributed by atoms with Crippen molar-refractivity contribution in [2.75, 3.05) is 20.1 Å². The fraction of sp³-hybridized carbons (Fsp3) is 0.357. The van der Waals surface area contributed by atoms with Crippen molar-refractivity contribution < 1.29 is 4.79 Å². The van der Waals surface area contributed by atoms with Gasteiger partial charge in [-0.2, -0.15) is 0 Å². The topological polar surface area (TPSA) is 48.1 Å². The Morgan fingerprint density at radius 1 is 1.39 bits per heavy atom. The van der Waals surface area contributed by atoms with Crippen LogP contribution in [0.5, 0.6) is 0 Å². The number of hydrogen-bond acceptors (Lipinski definition) is 2. The quantitative estimate of drug-likeness (QED) is 0.854. The second-order valence-electron chi connectivity index (χ2n) is 4.91. The fourth-order valence-corrected chi connectivity index (χ4v) is 2.37. The van der Waals surface area contributed by atoms with Crippen molar-refractivity contribution >= 4 is 16.8 Å². The lowest BCUT2D eigenvalue weighted by molar-refractivity contribution is -0.136. The highest BCUT2D eigenvalue weighted by atomic mass is 16.2. The first-order chi connectivity index (χ1) is 8.75. The number of carbonyl (C=O) groups is 1. The lowest BCUT2D eigenvalue weighted by atomic mass is 10.0. The van der Waals surface area contributed by atoms with Gasteiger partial charge < -0.3 is 15.2 Å². The summed E-state index contributed by atoms with van der Waals surface area (Å²) in [6.07, 6.45) is 1.99. The molecule has 0 bridgehead atoms. The molecule has 0 unspecified atom stereocenters. The molecule has 2 N–H and O–H groups in total. The van der Waals surface area contributed by atoms with E-state index in [-0.39, 0.29) is 11.8 Å². The minimum absolute atomic E-state index is 0.167. The molecule has 18 heavy (non-hydrogen) atoms. The maximum atomic E-state index is 12.1. The minimum Gasteiger partial charge on any atom is -0.361 e. The Kier molecular flexibility index (Phi) is 2.80. The van der Waals surface area contributed by atoms with Gasteiger partial charge >= 0.3 is 0 Å². The smallest absolute Gasteiger partial charge is 0.228 e. The first-order valence-corrected chi connectivity index (χ1v) is 6.26. The van der Waals surface area contributed by atoms with Crippen molar-refractivity contribution in [3.63, 3.8) is 0 Å². The lowest BCUT2D eigenvalue weighted by Crippen LogP contribution is -2.50. The van der Waals surface area contributed by atoms with E-state index in [9.17, 15) is 4.79 Å². The highest BCUT2D eigenvalue weighted by Gasteiger charge is 2.27. The molecule has 2 aromatic rings. The molecule has 0 radical (unpaired) electrons. The van der Waals surface area contributed by atoms with E-state index >= 15 is 0 Å². The Hall–Kier alpha value is -1.81. The van der Waals surface area contributed by atoms with Gasteiger partial charge in [0.1, 0.15) is 0 Å². The van der Waals surface area contributed by atoms with Gasteiger partial charge in [-0.05, 0) is 11.6 Å². The van der Waals surface area contributed by atoms with Crippen LogP contribution in [0.1, 0.15) is 5.56 Å². The van der Waals surface area contributed by atoms with Crippen LogP contribution in [0.3, 0.4) is 0 Å². The molecular formula is C14H17N3O. The number of nitrogens with one attached hydrogen (secondary N) is 2. The molecule has 1 fully saturated rings. The second kappa shape index (κ2) is 4.46. The monoisotopic (exact) mass is 243 g/mol. The third kappa shape index (κ3) is 1.88. The molecule has 0 aliphatic carbocycles. The number of aromatic amines is 1. The van der Waals surface area contributed by atoms with Gasteiger partial charge in [-0.25, -0.2) is 0 Å². The van der Waals surface area contributed by atoms with E-state index in [1.807, 2.05) is 30.3 Å². The summed E-state index contributed by atoms with van der Waals surface area (Å²) in [4.78, 5) is 17.1. The summed E-state index contributed by atoms with van der Waals surface area (Å²) >= 11 is 0. The van der Waals surface area contributed by atoms with Gasteiger partial charge in [0, 0.05) is 43.8 Å². The van der Waals surface area contributed by atoms with Crippen molar-refractivity contribution in [2.24, 2.45) is 5.92 Å². The third-order valence-corrected chi connectivity index (χ3v) is 3.59. The van der Waals surface area contributed by atoms with Crippen LogP contribution in [-0.2, 0) is 11.3 Å². The minimum atomic E-state index is 0.167. The highest BCUT2D eigenvalue weighted by Crippen LogP contribution is 2.19. The number of aromatic nitrogens is 1. The van der Waals surface area contributed by atoms with E-state index in [2.05, 4.69) is 22.4 Å². The van der Waals surface area contributed by atoms with Crippen LogP contribution < -0.4 is 5.32 Å². The Balaban J connectivity index is 1.77. The predicted octanol–water partition coefficient (Wildman–Crippen LogP) is 1.35. The molecule has 0 atom stereocenters. The predicted molar refractivity (Wildman–Crippen MR) is 71.1 cm³/mol. The molecule has 1 aliphatic heterocycles. The molecule has 1 amide bonds. The summed E-state index contributed by atoms with van der Waals surface area (Å²) in [5.74, 6) is 0.402. The summed E-state index contributed by atoms with van der Waals surface area (Å²) in [6, 6.07) is 8.18. The molecule has 0 saturated carbocycles. The Bertz CT molecular complexity index is 571. The molecule has 4 nitrogen and oxygen atoms in total. The zero-order valence-electron chi connectivity index (χ0n) is 10.4. The molecule has 4 heteroatoms. The first-order valence-electron chi connectivity index (χ1n) is 6.26. The molecule has 0 spiro atoms. The molecule has 1 aromatic carbocycles. The molecular weight excluding hydrogens is 226 g/mol. The molecule has 1 aliphatic rings. The van der Waals surface area contributed by atoms with Crippen molar-refractivity contribution in [3.05, 3.63) is 36.0 Å². The molecule has 3 rings (SSSR count). The van der Waals surface area contributed by atoms with Gasteiger partial charge in [-0.1, -0.05) is 18.2 Å². The highest BCUT2D eigenvalue weighted by molar-refractivity contribution is 5.84. The molecule has 94 valence electrons. The van der Waals surface area contributed by atoms with E-state index in [0.717, 1.165) is 18.6 Å². The Morgan fingerprint density at radius 2 is 2.17 bits per heavy atom. The normalized spacial score (nSPS) is 15.6. The van der Waals surface area contributed by atoms with Gasteiger partial charge in [0.15, 0.2) is 0 Å². The first kappa shape index (κ1) is 11.3. The number of hydrogen-bond donors (Lipinski definition) is 2. The van der Waals surface area contributed by atoms with Gasteiger partial charge in [0.2, 0.25) is 5.91 Å². The summed E-state index contributed by atoms with van der Waals surface area (Å²) in [5, 5.41) is 4.33. The number of rotatable bonds is 3. The van der Waals surface area contributed by atoms with E-state index in [1.165, 1.54) is 10.9 Å². The summed E-state index contributed by atoms with van der Waals surface area (Å²) < 4.78 is 0. The third-order valence-electron chi connectivity index (χ3n) is 3.59. The summed E-state index contributed by atoms with van der Waals surface area (Å²) in [5.41, 5.74) is 2.30. The van der Waals surface area contributed by atoms with Gasteiger partial charge in [0.05, 0.1) is 5.92 Å². The van der Waals surface area contributed by atoms with Gasteiger partial charge in [-0.15, -0.1) is 0 Å². The van der Waals surface area contributed by atoms with E-state index in [1.54, 1.807) is 0 Å². The molecule has 2 heterocycles. The largest absolute Gasteiger partial charge is 0.361 e. The zero-order chi connectivity index (χ0) is 12.5. The van der Waals surface area contributed by atoms with Gasteiger partial charge in [0.25, 0.3) is 0 Å². The van der Waals surface area contributed by atoms with Crippen molar-refractivity contribution in [1.82, 2.24) is 15.2 Å².